The van der Waals surface area contributed by atoms with Crippen molar-refractivity contribution in [1.82, 2.24) is 5.32 Å². The Hall–Kier alpha value is -3.19. The molecule has 0 atom stereocenters. The van der Waals surface area contributed by atoms with Crippen LogP contribution in [0.5, 0.6) is 0 Å². The molecule has 0 aliphatic rings. The Morgan fingerprint density at radius 1 is 1.00 bits per heavy atom. The maximum absolute atomic E-state index is 14.0. The van der Waals surface area contributed by atoms with E-state index >= 15 is 0 Å². The summed E-state index contributed by atoms with van der Waals surface area (Å²) >= 11 is 0. The van der Waals surface area contributed by atoms with Gasteiger partial charge in [-0.2, -0.15) is 0 Å². The predicted molar refractivity (Wildman–Crippen MR) is 120 cm³/mol. The number of hydrogen-bond donors (Lipinski definition) is 1. The van der Waals surface area contributed by atoms with E-state index in [1.54, 1.807) is 12.1 Å². The highest BCUT2D eigenvalue weighted by Crippen LogP contribution is 2.25. The highest BCUT2D eigenvalue weighted by Gasteiger charge is 2.24. The number of nitrogens with zero attached hydrogens (tertiary/aromatic N) is 1. The van der Waals surface area contributed by atoms with E-state index in [9.17, 15) is 17.6 Å². The first-order valence-electron chi connectivity index (χ1n) is 9.96. The fraction of sp³-hybridized carbons (Fsp3) is 0.208. The van der Waals surface area contributed by atoms with Crippen LogP contribution in [0.1, 0.15) is 27.9 Å². The number of sulfonamides is 1. The van der Waals surface area contributed by atoms with E-state index in [2.05, 4.69) is 29.6 Å². The number of nitrogens with one attached hydrogen (secondary N) is 1. The zero-order chi connectivity index (χ0) is 22.4. The van der Waals surface area contributed by atoms with Gasteiger partial charge in [-0.15, -0.1) is 0 Å². The van der Waals surface area contributed by atoms with Gasteiger partial charge < -0.3 is 5.32 Å². The molecule has 0 radical (unpaired) electrons. The second-order valence-corrected chi connectivity index (χ2v) is 9.27. The van der Waals surface area contributed by atoms with Gasteiger partial charge in [-0.05, 0) is 55.7 Å². The van der Waals surface area contributed by atoms with Crippen molar-refractivity contribution in [1.29, 1.82) is 0 Å². The lowest BCUT2D eigenvalue weighted by Gasteiger charge is -2.20. The van der Waals surface area contributed by atoms with Crippen LogP contribution in [0.15, 0.2) is 77.7 Å². The Labute approximate surface area is 182 Å². The lowest BCUT2D eigenvalue weighted by atomic mass is 10.1. The van der Waals surface area contributed by atoms with Gasteiger partial charge in [0, 0.05) is 19.2 Å². The van der Waals surface area contributed by atoms with Crippen molar-refractivity contribution in [2.75, 3.05) is 17.9 Å². The van der Waals surface area contributed by atoms with Gasteiger partial charge in [0.15, 0.2) is 0 Å². The van der Waals surface area contributed by atoms with E-state index in [1.165, 1.54) is 54.6 Å². The van der Waals surface area contributed by atoms with E-state index in [4.69, 9.17) is 0 Å². The standard InChI is InChI=1S/C24H25FN2O3S/c1-18-12-14-19(15-13-18)7-6-16-26-24(28)20-8-5-9-21(17-20)31(29,30)27(2)23-11-4-3-10-22(23)25/h3-5,8-15,17H,6-7,16H2,1-2H3,(H,26,28). The van der Waals surface area contributed by atoms with Gasteiger partial charge in [-0.3, -0.25) is 9.10 Å². The van der Waals surface area contributed by atoms with Crippen LogP contribution < -0.4 is 9.62 Å². The average Bonchev–Trinajstić information content (AvgIpc) is 2.77. The number of carbonyl (C=O) groups excluding carboxylic acids is 1. The van der Waals surface area contributed by atoms with Crippen LogP contribution in [0.3, 0.4) is 0 Å². The minimum absolute atomic E-state index is 0.0616. The summed E-state index contributed by atoms with van der Waals surface area (Å²) in [5.74, 6) is -0.995. The fourth-order valence-electron chi connectivity index (χ4n) is 3.14. The summed E-state index contributed by atoms with van der Waals surface area (Å²) in [6, 6.07) is 19.6. The van der Waals surface area contributed by atoms with Crippen LogP contribution in [-0.4, -0.2) is 27.9 Å². The Kier molecular flexibility index (Phi) is 7.07. The largest absolute Gasteiger partial charge is 0.352 e. The van der Waals surface area contributed by atoms with Gasteiger partial charge >= 0.3 is 0 Å². The monoisotopic (exact) mass is 440 g/mol. The van der Waals surface area contributed by atoms with Gasteiger partial charge in [0.25, 0.3) is 15.9 Å². The number of rotatable bonds is 8. The quantitative estimate of drug-likeness (QED) is 0.531. The molecule has 1 N–H and O–H groups in total. The molecule has 7 heteroatoms. The van der Waals surface area contributed by atoms with Crippen molar-refractivity contribution in [2.24, 2.45) is 0 Å². The van der Waals surface area contributed by atoms with Crippen LogP contribution in [0.2, 0.25) is 0 Å². The third kappa shape index (κ3) is 5.49. The van der Waals surface area contributed by atoms with E-state index in [-0.39, 0.29) is 22.1 Å². The van der Waals surface area contributed by atoms with E-state index in [0.29, 0.717) is 6.54 Å². The van der Waals surface area contributed by atoms with Gasteiger partial charge in [0.1, 0.15) is 5.82 Å². The highest BCUT2D eigenvalue weighted by atomic mass is 32.2. The number of aryl methyl sites for hydroxylation is 2. The van der Waals surface area contributed by atoms with Crippen molar-refractivity contribution in [2.45, 2.75) is 24.7 Å². The molecule has 0 aliphatic heterocycles. The van der Waals surface area contributed by atoms with Gasteiger partial charge in [-0.25, -0.2) is 12.8 Å². The summed E-state index contributed by atoms with van der Waals surface area (Å²) in [7, 11) is -2.74. The Morgan fingerprint density at radius 2 is 1.71 bits per heavy atom. The minimum atomic E-state index is -4.02. The summed E-state index contributed by atoms with van der Waals surface area (Å²) in [4.78, 5) is 12.4. The molecule has 0 saturated heterocycles. The van der Waals surface area contributed by atoms with Crippen molar-refractivity contribution >= 4 is 21.6 Å². The summed E-state index contributed by atoms with van der Waals surface area (Å²) < 4.78 is 40.8. The van der Waals surface area contributed by atoms with Crippen LogP contribution in [0.4, 0.5) is 10.1 Å². The minimum Gasteiger partial charge on any atom is -0.352 e. The number of hydrogen-bond acceptors (Lipinski definition) is 3. The second-order valence-electron chi connectivity index (χ2n) is 7.30. The smallest absolute Gasteiger partial charge is 0.264 e. The molecule has 3 aromatic carbocycles. The topological polar surface area (TPSA) is 66.5 Å². The molecule has 1 amide bonds. The number of anilines is 1. The van der Waals surface area contributed by atoms with Gasteiger partial charge in [0.05, 0.1) is 10.6 Å². The molecule has 0 aromatic heterocycles. The maximum atomic E-state index is 14.0. The molecule has 0 aliphatic carbocycles. The van der Waals surface area contributed by atoms with E-state index < -0.39 is 15.8 Å². The zero-order valence-electron chi connectivity index (χ0n) is 17.5. The first-order valence-corrected chi connectivity index (χ1v) is 11.4. The normalized spacial score (nSPS) is 11.2. The Morgan fingerprint density at radius 3 is 2.42 bits per heavy atom. The molecular formula is C24H25FN2O3S. The lowest BCUT2D eigenvalue weighted by Crippen LogP contribution is -2.28. The highest BCUT2D eigenvalue weighted by molar-refractivity contribution is 7.92. The maximum Gasteiger partial charge on any atom is 0.264 e. The number of halogens is 1. The lowest BCUT2D eigenvalue weighted by molar-refractivity contribution is 0.0953. The first-order chi connectivity index (χ1) is 14.8. The average molecular weight is 441 g/mol. The molecule has 31 heavy (non-hydrogen) atoms. The predicted octanol–water partition coefficient (Wildman–Crippen LogP) is 4.32. The first kappa shape index (κ1) is 22.5. The number of benzene rings is 3. The van der Waals surface area contributed by atoms with Gasteiger partial charge in [-0.1, -0.05) is 48.0 Å². The van der Waals surface area contributed by atoms with Crippen molar-refractivity contribution in [3.05, 3.63) is 95.3 Å². The Bertz CT molecular complexity index is 1160. The summed E-state index contributed by atoms with van der Waals surface area (Å²) in [5, 5.41) is 2.82. The third-order valence-corrected chi connectivity index (χ3v) is 6.76. The fourth-order valence-corrected chi connectivity index (χ4v) is 4.39. The molecule has 0 fully saturated rings. The molecule has 0 bridgehead atoms. The molecular weight excluding hydrogens is 415 g/mol. The van der Waals surface area contributed by atoms with Gasteiger partial charge in [0.2, 0.25) is 0 Å². The second kappa shape index (κ2) is 9.75. The molecule has 0 unspecified atom stereocenters. The summed E-state index contributed by atoms with van der Waals surface area (Å²) in [5.41, 5.74) is 2.57. The third-order valence-electron chi connectivity index (χ3n) is 4.99. The zero-order valence-corrected chi connectivity index (χ0v) is 18.3. The summed E-state index contributed by atoms with van der Waals surface area (Å²) in [6.07, 6.45) is 1.60. The molecule has 5 nitrogen and oxygen atoms in total. The van der Waals surface area contributed by atoms with Crippen LogP contribution in [-0.2, 0) is 16.4 Å². The molecule has 3 rings (SSSR count). The number of carbonyl (C=O) groups is 1. The van der Waals surface area contributed by atoms with Crippen LogP contribution >= 0.6 is 0 Å². The SMILES string of the molecule is Cc1ccc(CCCNC(=O)c2cccc(S(=O)(=O)N(C)c3ccccc3F)c2)cc1. The van der Waals surface area contributed by atoms with Crippen molar-refractivity contribution in [3.63, 3.8) is 0 Å². The molecule has 0 heterocycles. The molecule has 0 spiro atoms. The van der Waals surface area contributed by atoms with E-state index in [1.807, 2.05) is 6.92 Å². The number of amides is 1. The molecule has 0 saturated carbocycles. The summed E-state index contributed by atoms with van der Waals surface area (Å²) in [6.45, 7) is 2.51. The molecule has 162 valence electrons. The van der Waals surface area contributed by atoms with Crippen molar-refractivity contribution in [3.8, 4) is 0 Å². The Balaban J connectivity index is 1.65. The number of para-hydroxylation sites is 1. The van der Waals surface area contributed by atoms with E-state index in [0.717, 1.165) is 17.1 Å². The molecule has 3 aromatic rings. The van der Waals surface area contributed by atoms with Crippen LogP contribution in [0.25, 0.3) is 0 Å². The van der Waals surface area contributed by atoms with Crippen LogP contribution in [0, 0.1) is 12.7 Å². The van der Waals surface area contributed by atoms with Crippen molar-refractivity contribution < 1.29 is 17.6 Å².